The average Bonchev–Trinajstić information content (AvgIpc) is 3.51. The predicted octanol–water partition coefficient (Wildman–Crippen LogP) is 3.81. The van der Waals surface area contributed by atoms with E-state index in [1.807, 2.05) is 0 Å². The third kappa shape index (κ3) is 19.4. The SMILES string of the molecule is Nc1ncnc2c1ncn2CCOCP(=O)(OCCOCCCCCCCCC(O)CO)OCCOCCCCCCCCC(O)CO. The third-order valence-electron chi connectivity index (χ3n) is 7.76. The van der Waals surface area contributed by atoms with Gasteiger partial charge in [-0.05, 0) is 25.7 Å². The molecule has 2 unspecified atom stereocenters. The second-order valence-electron chi connectivity index (χ2n) is 11.9. The Bertz CT molecular complexity index is 1080. The molecule has 0 aliphatic carbocycles. The second-order valence-corrected chi connectivity index (χ2v) is 13.9. The largest absolute Gasteiger partial charge is 0.394 e. The van der Waals surface area contributed by atoms with Crippen molar-refractivity contribution in [2.24, 2.45) is 0 Å². The van der Waals surface area contributed by atoms with E-state index in [9.17, 15) is 14.8 Å². The summed E-state index contributed by atoms with van der Waals surface area (Å²) in [6, 6.07) is 0. The molecule has 0 bridgehead atoms. The predicted molar refractivity (Wildman–Crippen MR) is 183 cm³/mol. The fourth-order valence-electron chi connectivity index (χ4n) is 4.95. The first-order valence-corrected chi connectivity index (χ1v) is 19.2. The summed E-state index contributed by atoms with van der Waals surface area (Å²) in [4.78, 5) is 12.4. The Morgan fingerprint density at radius 3 is 1.73 bits per heavy atom. The summed E-state index contributed by atoms with van der Waals surface area (Å²) in [6.07, 6.45) is 15.0. The molecule has 0 aromatic carbocycles. The highest BCUT2D eigenvalue weighted by atomic mass is 31.2. The van der Waals surface area contributed by atoms with Gasteiger partial charge in [0.2, 0.25) is 0 Å². The summed E-state index contributed by atoms with van der Waals surface area (Å²) in [6.45, 7) is 2.24. The molecule has 0 radical (unpaired) electrons. The zero-order valence-corrected chi connectivity index (χ0v) is 29.4. The molecule has 2 rings (SSSR count). The third-order valence-corrected chi connectivity index (χ3v) is 9.41. The van der Waals surface area contributed by atoms with E-state index in [0.717, 1.165) is 77.0 Å². The molecular weight excluding hydrogens is 645 g/mol. The molecule has 6 N–H and O–H groups in total. The van der Waals surface area contributed by atoms with Gasteiger partial charge in [-0.15, -0.1) is 0 Å². The fourth-order valence-corrected chi connectivity index (χ4v) is 6.23. The van der Waals surface area contributed by atoms with Gasteiger partial charge in [0.1, 0.15) is 18.2 Å². The highest BCUT2D eigenvalue weighted by Gasteiger charge is 2.25. The topological polar surface area (TPSA) is 214 Å². The minimum atomic E-state index is -3.57. The maximum absolute atomic E-state index is 13.5. The fraction of sp³-hybridized carbons (Fsp3) is 0.844. The number of unbranched alkanes of at least 4 members (excludes halogenated alkanes) is 10. The number of nitrogens with two attached hydrogens (primary N) is 1. The summed E-state index contributed by atoms with van der Waals surface area (Å²) in [5.74, 6) is 0.300. The molecule has 278 valence electrons. The van der Waals surface area contributed by atoms with Crippen LogP contribution in [0.4, 0.5) is 5.82 Å². The van der Waals surface area contributed by atoms with E-state index in [-0.39, 0.29) is 52.6 Å². The number of rotatable bonds is 33. The number of hydrogen-bond acceptors (Lipinski definition) is 14. The Morgan fingerprint density at radius 1 is 0.667 bits per heavy atom. The van der Waals surface area contributed by atoms with Crippen LogP contribution in [0.15, 0.2) is 12.7 Å². The molecule has 0 saturated heterocycles. The number of aromatic nitrogens is 4. The maximum Gasteiger partial charge on any atom is 0.356 e. The van der Waals surface area contributed by atoms with E-state index in [1.165, 1.54) is 6.33 Å². The summed E-state index contributed by atoms with van der Waals surface area (Å²) in [5, 5.41) is 36.5. The number of fused-ring (bicyclic) bond motifs is 1. The van der Waals surface area contributed by atoms with Crippen LogP contribution in [-0.2, 0) is 34.4 Å². The lowest BCUT2D eigenvalue weighted by Gasteiger charge is -2.19. The Morgan fingerprint density at radius 2 is 1.19 bits per heavy atom. The monoisotopic (exact) mass is 705 g/mol. The quantitative estimate of drug-likeness (QED) is 0.0528. The van der Waals surface area contributed by atoms with E-state index in [0.29, 0.717) is 49.6 Å². The zero-order chi connectivity index (χ0) is 34.7. The van der Waals surface area contributed by atoms with Crippen LogP contribution in [0.1, 0.15) is 89.9 Å². The molecule has 0 aliphatic rings. The smallest absolute Gasteiger partial charge is 0.356 e. The number of aliphatic hydroxyl groups excluding tert-OH is 4. The van der Waals surface area contributed by atoms with Gasteiger partial charge in [0, 0.05) is 19.8 Å². The van der Waals surface area contributed by atoms with E-state index in [1.54, 1.807) is 10.9 Å². The summed E-state index contributed by atoms with van der Waals surface area (Å²) in [5.41, 5.74) is 6.96. The normalized spacial score (nSPS) is 14.4. The van der Waals surface area contributed by atoms with E-state index < -0.39 is 19.8 Å². The molecule has 2 aromatic rings. The van der Waals surface area contributed by atoms with Crippen LogP contribution < -0.4 is 5.73 Å². The van der Waals surface area contributed by atoms with Crippen LogP contribution >= 0.6 is 7.60 Å². The van der Waals surface area contributed by atoms with Crippen LogP contribution in [-0.4, -0.2) is 118 Å². The van der Waals surface area contributed by atoms with Gasteiger partial charge in [0.15, 0.2) is 11.5 Å². The lowest BCUT2D eigenvalue weighted by atomic mass is 10.1. The van der Waals surface area contributed by atoms with Crippen molar-refractivity contribution in [1.82, 2.24) is 19.5 Å². The molecule has 0 spiro atoms. The number of imidazole rings is 1. The first kappa shape index (κ1) is 42.4. The molecule has 0 aliphatic heterocycles. The van der Waals surface area contributed by atoms with Gasteiger partial charge in [-0.25, -0.2) is 15.0 Å². The molecule has 0 amide bonds. The molecule has 16 heteroatoms. The van der Waals surface area contributed by atoms with Gasteiger partial charge in [0.05, 0.1) is 64.8 Å². The van der Waals surface area contributed by atoms with Crippen molar-refractivity contribution in [3.05, 3.63) is 12.7 Å². The van der Waals surface area contributed by atoms with E-state index >= 15 is 0 Å². The molecule has 0 fully saturated rings. The van der Waals surface area contributed by atoms with Crippen molar-refractivity contribution in [1.29, 1.82) is 0 Å². The van der Waals surface area contributed by atoms with Crippen LogP contribution in [0, 0.1) is 0 Å². The van der Waals surface area contributed by atoms with Gasteiger partial charge in [0.25, 0.3) is 0 Å². The second kappa shape index (κ2) is 27.0. The minimum Gasteiger partial charge on any atom is -0.394 e. The van der Waals surface area contributed by atoms with E-state index in [4.69, 9.17) is 39.2 Å². The van der Waals surface area contributed by atoms with Crippen LogP contribution in [0.5, 0.6) is 0 Å². The summed E-state index contributed by atoms with van der Waals surface area (Å²) in [7, 11) is -3.57. The number of aliphatic hydroxyl groups is 4. The zero-order valence-electron chi connectivity index (χ0n) is 28.5. The highest BCUT2D eigenvalue weighted by Crippen LogP contribution is 2.48. The van der Waals surface area contributed by atoms with Gasteiger partial charge >= 0.3 is 7.60 Å². The van der Waals surface area contributed by atoms with Gasteiger partial charge in [-0.1, -0.05) is 64.2 Å². The molecule has 15 nitrogen and oxygen atoms in total. The molecule has 2 aromatic heterocycles. The van der Waals surface area contributed by atoms with Crippen molar-refractivity contribution in [2.75, 3.05) is 71.5 Å². The van der Waals surface area contributed by atoms with Gasteiger partial charge in [-0.2, -0.15) is 0 Å². The first-order chi connectivity index (χ1) is 23.4. The number of ether oxygens (including phenoxy) is 3. The van der Waals surface area contributed by atoms with Crippen molar-refractivity contribution in [3.63, 3.8) is 0 Å². The summed E-state index contributed by atoms with van der Waals surface area (Å²) >= 11 is 0. The van der Waals surface area contributed by atoms with Crippen LogP contribution in [0.25, 0.3) is 11.2 Å². The average molecular weight is 706 g/mol. The van der Waals surface area contributed by atoms with Crippen molar-refractivity contribution < 1.29 is 48.2 Å². The molecule has 2 atom stereocenters. The van der Waals surface area contributed by atoms with Crippen molar-refractivity contribution >= 4 is 24.6 Å². The van der Waals surface area contributed by atoms with Crippen molar-refractivity contribution in [3.8, 4) is 0 Å². The molecular formula is C32H60N5O10P. The van der Waals surface area contributed by atoms with Crippen LogP contribution in [0.2, 0.25) is 0 Å². The Labute approximate surface area is 285 Å². The molecule has 0 saturated carbocycles. The van der Waals surface area contributed by atoms with Crippen molar-refractivity contribution in [2.45, 2.75) is 109 Å². The van der Waals surface area contributed by atoms with Crippen LogP contribution in [0.3, 0.4) is 0 Å². The number of nitrogens with zero attached hydrogens (tertiary/aromatic N) is 4. The van der Waals surface area contributed by atoms with E-state index in [2.05, 4.69) is 15.0 Å². The Hall–Kier alpha value is -1.78. The lowest BCUT2D eigenvalue weighted by molar-refractivity contribution is 0.0608. The highest BCUT2D eigenvalue weighted by molar-refractivity contribution is 7.53. The lowest BCUT2D eigenvalue weighted by Crippen LogP contribution is -2.13. The molecule has 2 heterocycles. The number of nitrogen functional groups attached to an aromatic ring is 1. The number of anilines is 1. The molecule has 48 heavy (non-hydrogen) atoms. The maximum atomic E-state index is 13.5. The Kier molecular flexibility index (Phi) is 23.8. The first-order valence-electron chi connectivity index (χ1n) is 17.5. The Balaban J connectivity index is 1.63. The number of hydrogen-bond donors (Lipinski definition) is 5. The summed E-state index contributed by atoms with van der Waals surface area (Å²) < 4.78 is 43.7. The van der Waals surface area contributed by atoms with Gasteiger partial charge in [-0.3, -0.25) is 4.57 Å². The standard InChI is InChI=1S/C32H60N5O10P/c33-31-30-32(35-25-34-31)37(26-36-30)15-18-45-27-48(42,46-21-19-43-16-11-7-3-1-5-9-13-28(40)23-38)47-22-20-44-17-12-8-4-2-6-10-14-29(41)24-39/h25-26,28-29,38-41H,1-24,27H2,(H2,33,34,35). The minimum absolute atomic E-state index is 0.107. The van der Waals surface area contributed by atoms with Gasteiger partial charge < -0.3 is 54.0 Å².